The molecule has 3 N–H and O–H groups in total. The molecule has 0 bridgehead atoms. The summed E-state index contributed by atoms with van der Waals surface area (Å²) in [5, 5.41) is 15.3. The Morgan fingerprint density at radius 1 is 1.60 bits per heavy atom. The molecule has 3 atom stereocenters. The first-order valence-electron chi connectivity index (χ1n) is 5.71. The lowest BCUT2D eigenvalue weighted by Crippen LogP contribution is -2.46. The fourth-order valence-corrected chi connectivity index (χ4v) is 1.93. The first kappa shape index (κ1) is 12.5. The zero-order valence-electron chi connectivity index (χ0n) is 9.79. The number of nitrogens with one attached hydrogen (secondary N) is 2. The van der Waals surface area contributed by atoms with Crippen LogP contribution >= 0.6 is 0 Å². The van der Waals surface area contributed by atoms with Crippen LogP contribution in [0.25, 0.3) is 0 Å². The molecular formula is C11H22N2O2. The summed E-state index contributed by atoms with van der Waals surface area (Å²) >= 11 is 0. The van der Waals surface area contributed by atoms with Crippen LogP contribution in [0.5, 0.6) is 0 Å². The largest absolute Gasteiger partial charge is 0.394 e. The van der Waals surface area contributed by atoms with E-state index in [0.29, 0.717) is 0 Å². The molecular weight excluding hydrogens is 192 g/mol. The normalized spacial score (nSPS) is 28.1. The summed E-state index contributed by atoms with van der Waals surface area (Å²) in [4.78, 5) is 11.9. The zero-order chi connectivity index (χ0) is 11.4. The van der Waals surface area contributed by atoms with Crippen molar-refractivity contribution in [3.05, 3.63) is 0 Å². The van der Waals surface area contributed by atoms with Crippen LogP contribution in [-0.4, -0.2) is 36.2 Å². The maximum absolute atomic E-state index is 11.9. The molecule has 1 aliphatic heterocycles. The third-order valence-corrected chi connectivity index (χ3v) is 3.19. The molecule has 1 fully saturated rings. The van der Waals surface area contributed by atoms with E-state index in [2.05, 4.69) is 10.6 Å². The van der Waals surface area contributed by atoms with Crippen LogP contribution in [0.4, 0.5) is 0 Å². The van der Waals surface area contributed by atoms with E-state index in [-0.39, 0.29) is 36.4 Å². The van der Waals surface area contributed by atoms with Crippen molar-refractivity contribution < 1.29 is 9.90 Å². The summed E-state index contributed by atoms with van der Waals surface area (Å²) in [7, 11) is 0. The van der Waals surface area contributed by atoms with Crippen LogP contribution in [0, 0.1) is 11.8 Å². The first-order valence-corrected chi connectivity index (χ1v) is 5.71. The minimum atomic E-state index is -0.120. The lowest BCUT2D eigenvalue weighted by atomic mass is 9.99. The third-order valence-electron chi connectivity index (χ3n) is 3.19. The summed E-state index contributed by atoms with van der Waals surface area (Å²) in [6.45, 7) is 6.94. The molecule has 0 aromatic carbocycles. The van der Waals surface area contributed by atoms with Gasteiger partial charge in [-0.25, -0.2) is 0 Å². The molecule has 1 heterocycles. The Labute approximate surface area is 91.4 Å². The third kappa shape index (κ3) is 3.18. The molecule has 0 saturated carbocycles. The standard InChI is InChI=1S/C11H22N2O2/c1-7(2)10(6-14)13-11(15)9-4-5-12-8(9)3/h7-10,12,14H,4-6H2,1-3H3,(H,13,15)/t8?,9?,10-/m1/s1. The minimum absolute atomic E-state index is 0.0118. The van der Waals surface area contributed by atoms with E-state index in [1.807, 2.05) is 20.8 Å². The van der Waals surface area contributed by atoms with Crippen molar-refractivity contribution >= 4 is 5.91 Å². The smallest absolute Gasteiger partial charge is 0.225 e. The summed E-state index contributed by atoms with van der Waals surface area (Å²) in [5.41, 5.74) is 0. The Hall–Kier alpha value is -0.610. The summed E-state index contributed by atoms with van der Waals surface area (Å²) < 4.78 is 0. The highest BCUT2D eigenvalue weighted by molar-refractivity contribution is 5.80. The number of aliphatic hydroxyl groups is 1. The van der Waals surface area contributed by atoms with Gasteiger partial charge in [-0.2, -0.15) is 0 Å². The molecule has 0 radical (unpaired) electrons. The van der Waals surface area contributed by atoms with Crippen molar-refractivity contribution in [3.63, 3.8) is 0 Å². The van der Waals surface area contributed by atoms with Gasteiger partial charge in [0.2, 0.25) is 5.91 Å². The Balaban J connectivity index is 2.46. The highest BCUT2D eigenvalue weighted by Gasteiger charge is 2.30. The van der Waals surface area contributed by atoms with Crippen LogP contribution in [0.15, 0.2) is 0 Å². The maximum Gasteiger partial charge on any atom is 0.225 e. The number of rotatable bonds is 4. The van der Waals surface area contributed by atoms with Gasteiger partial charge in [0.15, 0.2) is 0 Å². The second kappa shape index (κ2) is 5.47. The molecule has 0 aliphatic carbocycles. The number of hydrogen-bond donors (Lipinski definition) is 3. The highest BCUT2D eigenvalue weighted by atomic mass is 16.3. The van der Waals surface area contributed by atoms with Gasteiger partial charge in [-0.3, -0.25) is 4.79 Å². The molecule has 1 saturated heterocycles. The van der Waals surface area contributed by atoms with Crippen molar-refractivity contribution in [3.8, 4) is 0 Å². The SMILES string of the molecule is CC1NCCC1C(=O)N[C@H](CO)C(C)C. The van der Waals surface area contributed by atoms with Gasteiger partial charge >= 0.3 is 0 Å². The van der Waals surface area contributed by atoms with Crippen molar-refractivity contribution in [1.29, 1.82) is 0 Å². The van der Waals surface area contributed by atoms with Gasteiger partial charge in [0.1, 0.15) is 0 Å². The van der Waals surface area contributed by atoms with E-state index in [0.717, 1.165) is 13.0 Å². The van der Waals surface area contributed by atoms with Crippen molar-refractivity contribution in [1.82, 2.24) is 10.6 Å². The Kier molecular flexibility index (Phi) is 4.54. The quantitative estimate of drug-likeness (QED) is 0.623. The Morgan fingerprint density at radius 3 is 2.67 bits per heavy atom. The second-order valence-corrected chi connectivity index (χ2v) is 4.68. The summed E-state index contributed by atoms with van der Waals surface area (Å²) in [6, 6.07) is 0.127. The van der Waals surface area contributed by atoms with E-state index >= 15 is 0 Å². The van der Waals surface area contributed by atoms with Crippen LogP contribution in [0.2, 0.25) is 0 Å². The highest BCUT2D eigenvalue weighted by Crippen LogP contribution is 2.15. The summed E-state index contributed by atoms with van der Waals surface area (Å²) in [5.74, 6) is 0.390. The Morgan fingerprint density at radius 2 is 2.27 bits per heavy atom. The van der Waals surface area contributed by atoms with Crippen LogP contribution in [0.1, 0.15) is 27.2 Å². The van der Waals surface area contributed by atoms with Crippen LogP contribution in [0.3, 0.4) is 0 Å². The number of aliphatic hydroxyl groups excluding tert-OH is 1. The molecule has 0 aromatic rings. The molecule has 0 spiro atoms. The molecule has 0 aromatic heterocycles. The fraction of sp³-hybridized carbons (Fsp3) is 0.909. The van der Waals surface area contributed by atoms with E-state index < -0.39 is 0 Å². The number of hydrogen-bond acceptors (Lipinski definition) is 3. The summed E-state index contributed by atoms with van der Waals surface area (Å²) in [6.07, 6.45) is 0.892. The molecule has 1 aliphatic rings. The first-order chi connectivity index (χ1) is 7.06. The average Bonchev–Trinajstić information content (AvgIpc) is 2.60. The van der Waals surface area contributed by atoms with Crippen LogP contribution in [-0.2, 0) is 4.79 Å². The van der Waals surface area contributed by atoms with Gasteiger partial charge in [0, 0.05) is 6.04 Å². The predicted molar refractivity (Wildman–Crippen MR) is 59.4 cm³/mol. The average molecular weight is 214 g/mol. The number of carbonyl (C=O) groups is 1. The maximum atomic E-state index is 11.9. The molecule has 4 nitrogen and oxygen atoms in total. The second-order valence-electron chi connectivity index (χ2n) is 4.68. The molecule has 2 unspecified atom stereocenters. The van der Waals surface area contributed by atoms with E-state index in [1.54, 1.807) is 0 Å². The lowest BCUT2D eigenvalue weighted by Gasteiger charge is -2.23. The van der Waals surface area contributed by atoms with E-state index in [1.165, 1.54) is 0 Å². The van der Waals surface area contributed by atoms with E-state index in [9.17, 15) is 4.79 Å². The lowest BCUT2D eigenvalue weighted by molar-refractivity contribution is -0.126. The zero-order valence-corrected chi connectivity index (χ0v) is 9.79. The van der Waals surface area contributed by atoms with E-state index in [4.69, 9.17) is 5.11 Å². The number of carbonyl (C=O) groups excluding carboxylic acids is 1. The molecule has 15 heavy (non-hydrogen) atoms. The molecule has 88 valence electrons. The predicted octanol–water partition coefficient (Wildman–Crippen LogP) is 0.118. The molecule has 1 amide bonds. The monoisotopic (exact) mass is 214 g/mol. The minimum Gasteiger partial charge on any atom is -0.394 e. The molecule has 1 rings (SSSR count). The van der Waals surface area contributed by atoms with Crippen molar-refractivity contribution in [2.24, 2.45) is 11.8 Å². The number of amides is 1. The van der Waals surface area contributed by atoms with Gasteiger partial charge in [-0.05, 0) is 25.8 Å². The van der Waals surface area contributed by atoms with Gasteiger partial charge in [0.25, 0.3) is 0 Å². The van der Waals surface area contributed by atoms with Gasteiger partial charge in [0.05, 0.1) is 18.6 Å². The Bertz CT molecular complexity index is 219. The topological polar surface area (TPSA) is 61.4 Å². The van der Waals surface area contributed by atoms with Crippen molar-refractivity contribution in [2.75, 3.05) is 13.2 Å². The fourth-order valence-electron chi connectivity index (χ4n) is 1.93. The van der Waals surface area contributed by atoms with Gasteiger partial charge < -0.3 is 15.7 Å². The van der Waals surface area contributed by atoms with Gasteiger partial charge in [-0.15, -0.1) is 0 Å². The van der Waals surface area contributed by atoms with Crippen LogP contribution < -0.4 is 10.6 Å². The van der Waals surface area contributed by atoms with Crippen molar-refractivity contribution in [2.45, 2.75) is 39.3 Å². The molecule has 4 heteroatoms. The van der Waals surface area contributed by atoms with Gasteiger partial charge in [-0.1, -0.05) is 13.8 Å².